The number of nitrogens with one attached hydrogen (secondary N) is 1. The molecule has 134 valence electrons. The summed E-state index contributed by atoms with van der Waals surface area (Å²) in [5.74, 6) is -0.545. The number of primary amides is 1. The molecule has 0 spiro atoms. The maximum Gasteiger partial charge on any atom is 0.251 e. The van der Waals surface area contributed by atoms with Crippen molar-refractivity contribution in [1.82, 2.24) is 14.8 Å². The molecule has 7 nitrogen and oxygen atoms in total. The van der Waals surface area contributed by atoms with Crippen molar-refractivity contribution in [1.29, 1.82) is 0 Å². The number of thiophene rings is 1. The highest BCUT2D eigenvalue weighted by molar-refractivity contribution is 7.99. The lowest BCUT2D eigenvalue weighted by molar-refractivity contribution is -0.113. The quantitative estimate of drug-likeness (QED) is 0.629. The SMILES string of the molecule is Cn1c(SCC(=O)Nc2sccc2C(N)=O)nnc1-c1ccc(F)cc1. The van der Waals surface area contributed by atoms with Gasteiger partial charge in [0.25, 0.3) is 5.91 Å². The first-order chi connectivity index (χ1) is 12.5. The second-order valence-electron chi connectivity index (χ2n) is 5.24. The number of amides is 2. The van der Waals surface area contributed by atoms with Gasteiger partial charge in [-0.25, -0.2) is 4.39 Å². The van der Waals surface area contributed by atoms with Crippen molar-refractivity contribution >= 4 is 39.9 Å². The molecule has 3 rings (SSSR count). The van der Waals surface area contributed by atoms with Gasteiger partial charge in [-0.05, 0) is 35.7 Å². The highest BCUT2D eigenvalue weighted by Gasteiger charge is 2.15. The van der Waals surface area contributed by atoms with Gasteiger partial charge in [0.2, 0.25) is 5.91 Å². The molecular weight excluding hydrogens is 377 g/mol. The molecular formula is C16H14FN5O2S2. The summed E-state index contributed by atoms with van der Waals surface area (Å²) in [5, 5.41) is 13.5. The van der Waals surface area contributed by atoms with E-state index in [9.17, 15) is 14.0 Å². The van der Waals surface area contributed by atoms with Crippen LogP contribution in [0.4, 0.5) is 9.39 Å². The van der Waals surface area contributed by atoms with Crippen LogP contribution in [0, 0.1) is 5.82 Å². The third-order valence-electron chi connectivity index (χ3n) is 3.45. The van der Waals surface area contributed by atoms with Crippen LogP contribution in [0.15, 0.2) is 40.9 Å². The van der Waals surface area contributed by atoms with Gasteiger partial charge in [-0.15, -0.1) is 21.5 Å². The molecule has 0 unspecified atom stereocenters. The number of benzene rings is 1. The van der Waals surface area contributed by atoms with Gasteiger partial charge >= 0.3 is 0 Å². The number of halogens is 1. The topological polar surface area (TPSA) is 103 Å². The number of hydrogen-bond donors (Lipinski definition) is 2. The number of nitrogens with two attached hydrogens (primary N) is 1. The lowest BCUT2D eigenvalue weighted by Gasteiger charge is -2.05. The van der Waals surface area contributed by atoms with Crippen LogP contribution in [0.2, 0.25) is 0 Å². The third-order valence-corrected chi connectivity index (χ3v) is 5.30. The number of anilines is 1. The van der Waals surface area contributed by atoms with Crippen LogP contribution in [0.25, 0.3) is 11.4 Å². The molecule has 2 heterocycles. The first-order valence-corrected chi connectivity index (χ1v) is 9.27. The molecule has 0 aliphatic heterocycles. The standard InChI is InChI=1S/C16H14FN5O2S2/c1-22-14(9-2-4-10(17)5-3-9)20-21-16(22)26-8-12(23)19-15-11(13(18)24)6-7-25-15/h2-7H,8H2,1H3,(H2,18,24)(H,19,23). The molecule has 2 aromatic heterocycles. The summed E-state index contributed by atoms with van der Waals surface area (Å²) in [6.45, 7) is 0. The Kier molecular flexibility index (Phi) is 5.33. The van der Waals surface area contributed by atoms with Crippen molar-refractivity contribution in [3.8, 4) is 11.4 Å². The summed E-state index contributed by atoms with van der Waals surface area (Å²) < 4.78 is 14.8. The van der Waals surface area contributed by atoms with Crippen molar-refractivity contribution in [3.05, 3.63) is 47.1 Å². The molecule has 0 saturated heterocycles. The van der Waals surface area contributed by atoms with Gasteiger partial charge in [0.05, 0.1) is 11.3 Å². The Morgan fingerprint density at radius 3 is 2.69 bits per heavy atom. The predicted octanol–water partition coefficient (Wildman–Crippen LogP) is 2.51. The first kappa shape index (κ1) is 18.1. The van der Waals surface area contributed by atoms with Crippen molar-refractivity contribution in [2.45, 2.75) is 5.16 Å². The molecule has 0 aliphatic rings. The molecule has 26 heavy (non-hydrogen) atoms. The largest absolute Gasteiger partial charge is 0.366 e. The lowest BCUT2D eigenvalue weighted by Crippen LogP contribution is -2.18. The second kappa shape index (κ2) is 7.67. The predicted molar refractivity (Wildman–Crippen MR) is 98.6 cm³/mol. The summed E-state index contributed by atoms with van der Waals surface area (Å²) in [6.07, 6.45) is 0. The fraction of sp³-hybridized carbons (Fsp3) is 0.125. The number of hydrogen-bond acceptors (Lipinski definition) is 6. The molecule has 3 aromatic rings. The van der Waals surface area contributed by atoms with Crippen LogP contribution in [-0.4, -0.2) is 32.3 Å². The Hall–Kier alpha value is -2.72. The molecule has 1 aromatic carbocycles. The Bertz CT molecular complexity index is 952. The van der Waals surface area contributed by atoms with E-state index >= 15 is 0 Å². The fourth-order valence-corrected chi connectivity index (χ4v) is 3.70. The van der Waals surface area contributed by atoms with E-state index in [0.29, 0.717) is 16.0 Å². The lowest BCUT2D eigenvalue weighted by atomic mass is 10.2. The molecule has 0 saturated carbocycles. The molecule has 0 atom stereocenters. The molecule has 3 N–H and O–H groups in total. The Morgan fingerprint density at radius 2 is 2.00 bits per heavy atom. The van der Waals surface area contributed by atoms with Gasteiger partial charge in [0.1, 0.15) is 10.8 Å². The van der Waals surface area contributed by atoms with E-state index in [1.165, 1.54) is 35.2 Å². The van der Waals surface area contributed by atoms with E-state index in [1.54, 1.807) is 35.2 Å². The average molecular weight is 391 g/mol. The summed E-state index contributed by atoms with van der Waals surface area (Å²) in [5.41, 5.74) is 6.26. The molecule has 2 amide bonds. The summed E-state index contributed by atoms with van der Waals surface area (Å²) in [4.78, 5) is 23.4. The van der Waals surface area contributed by atoms with Gasteiger partial charge < -0.3 is 15.6 Å². The summed E-state index contributed by atoms with van der Waals surface area (Å²) in [7, 11) is 1.77. The Labute approximate surface area is 156 Å². The normalized spacial score (nSPS) is 10.7. The second-order valence-corrected chi connectivity index (χ2v) is 7.10. The summed E-state index contributed by atoms with van der Waals surface area (Å²) >= 11 is 2.43. The average Bonchev–Trinajstić information content (AvgIpc) is 3.21. The van der Waals surface area contributed by atoms with Crippen molar-refractivity contribution in [2.75, 3.05) is 11.1 Å². The number of rotatable bonds is 6. The number of nitrogens with zero attached hydrogens (tertiary/aromatic N) is 3. The molecule has 0 aliphatic carbocycles. The third kappa shape index (κ3) is 3.92. The molecule has 0 bridgehead atoms. The highest BCUT2D eigenvalue weighted by Crippen LogP contribution is 2.25. The minimum absolute atomic E-state index is 0.0888. The van der Waals surface area contributed by atoms with Crippen LogP contribution in [-0.2, 0) is 11.8 Å². The van der Waals surface area contributed by atoms with E-state index in [1.807, 2.05) is 0 Å². The van der Waals surface area contributed by atoms with E-state index < -0.39 is 5.91 Å². The zero-order valence-electron chi connectivity index (χ0n) is 13.6. The Balaban J connectivity index is 1.65. The van der Waals surface area contributed by atoms with Gasteiger partial charge in [-0.3, -0.25) is 9.59 Å². The van der Waals surface area contributed by atoms with Crippen molar-refractivity contribution in [2.24, 2.45) is 12.8 Å². The van der Waals surface area contributed by atoms with Crippen LogP contribution in [0.5, 0.6) is 0 Å². The summed E-state index contributed by atoms with van der Waals surface area (Å²) in [6, 6.07) is 7.49. The minimum atomic E-state index is -0.591. The molecule has 10 heteroatoms. The molecule has 0 radical (unpaired) electrons. The van der Waals surface area contributed by atoms with Crippen LogP contribution in [0.3, 0.4) is 0 Å². The van der Waals surface area contributed by atoms with Gasteiger partial charge in [-0.1, -0.05) is 11.8 Å². The minimum Gasteiger partial charge on any atom is -0.366 e. The number of aromatic nitrogens is 3. The number of thioether (sulfide) groups is 1. The maximum atomic E-state index is 13.0. The van der Waals surface area contributed by atoms with E-state index in [-0.39, 0.29) is 23.0 Å². The zero-order chi connectivity index (χ0) is 18.7. The Morgan fingerprint density at radius 1 is 1.27 bits per heavy atom. The van der Waals surface area contributed by atoms with Gasteiger partial charge in [-0.2, -0.15) is 0 Å². The zero-order valence-corrected chi connectivity index (χ0v) is 15.2. The smallest absolute Gasteiger partial charge is 0.251 e. The van der Waals surface area contributed by atoms with Crippen LogP contribution >= 0.6 is 23.1 Å². The number of carbonyl (C=O) groups is 2. The monoisotopic (exact) mass is 391 g/mol. The van der Waals surface area contributed by atoms with Gasteiger partial charge in [0.15, 0.2) is 11.0 Å². The van der Waals surface area contributed by atoms with E-state index in [4.69, 9.17) is 5.73 Å². The van der Waals surface area contributed by atoms with Crippen molar-refractivity contribution < 1.29 is 14.0 Å². The van der Waals surface area contributed by atoms with Crippen molar-refractivity contribution in [3.63, 3.8) is 0 Å². The van der Waals surface area contributed by atoms with E-state index in [0.717, 1.165) is 5.56 Å². The molecule has 0 fully saturated rings. The number of carbonyl (C=O) groups excluding carboxylic acids is 2. The van der Waals surface area contributed by atoms with Crippen LogP contribution < -0.4 is 11.1 Å². The van der Waals surface area contributed by atoms with Gasteiger partial charge in [0, 0.05) is 12.6 Å². The maximum absolute atomic E-state index is 13.0. The van der Waals surface area contributed by atoms with E-state index in [2.05, 4.69) is 15.5 Å². The first-order valence-electron chi connectivity index (χ1n) is 7.41. The fourth-order valence-electron chi connectivity index (χ4n) is 2.18. The van der Waals surface area contributed by atoms with Crippen LogP contribution in [0.1, 0.15) is 10.4 Å². The highest BCUT2D eigenvalue weighted by atomic mass is 32.2.